The van der Waals surface area contributed by atoms with Gasteiger partial charge in [0.25, 0.3) is 10.0 Å². The van der Waals surface area contributed by atoms with Gasteiger partial charge in [0.15, 0.2) is 0 Å². The van der Waals surface area contributed by atoms with Gasteiger partial charge in [0.1, 0.15) is 11.5 Å². The maximum atomic E-state index is 12.4. The molecule has 0 amide bonds. The first-order valence-electron chi connectivity index (χ1n) is 21.2. The number of aryl methyl sites for hydroxylation is 1. The van der Waals surface area contributed by atoms with Gasteiger partial charge in [0.2, 0.25) is 0 Å². The van der Waals surface area contributed by atoms with Crippen molar-refractivity contribution in [3.63, 3.8) is 0 Å². The zero-order valence-corrected chi connectivity index (χ0v) is 39.2. The smallest absolute Gasteiger partial charge is 0.488 e. The highest BCUT2D eigenvalue weighted by Crippen LogP contribution is 2.46. The molecule has 5 N–H and O–H groups in total. The summed E-state index contributed by atoms with van der Waals surface area (Å²) in [6, 6.07) is 51.0. The number of sulfonamides is 1. The van der Waals surface area contributed by atoms with Crippen LogP contribution in [0.15, 0.2) is 187 Å². The van der Waals surface area contributed by atoms with Crippen LogP contribution in [0.3, 0.4) is 0 Å². The fourth-order valence-corrected chi connectivity index (χ4v) is 9.71. The Balaban J connectivity index is 0.000000157. The average molecular weight is 923 g/mol. The molecule has 332 valence electrons. The van der Waals surface area contributed by atoms with E-state index in [0.717, 1.165) is 33.1 Å². The zero-order valence-electron chi connectivity index (χ0n) is 36.8. The molecular weight excluding hydrogens is 872 g/mol. The van der Waals surface area contributed by atoms with Gasteiger partial charge in [-0.3, -0.25) is 0 Å². The third kappa shape index (κ3) is 12.2. The third-order valence-electron chi connectivity index (χ3n) is 10.5. The number of ether oxygens (including phenoxy) is 2. The lowest BCUT2D eigenvalue weighted by atomic mass is 9.80. The van der Waals surface area contributed by atoms with Crippen molar-refractivity contribution < 1.29 is 27.9 Å². The van der Waals surface area contributed by atoms with Crippen LogP contribution in [0.1, 0.15) is 55.9 Å². The molecule has 1 unspecified atom stereocenters. The SMILES string of the molecule is C/C(=N\NS(=O)(=O)c1ccc(C)cc1)c1ccc2c(c1)Nc1ccccc1S2.CCOc1cccc(B(O)O)c1.CCOc1cccc(C(C)c2ccc3c(c2)Nc2ccccc2S3)c1. The number of benzene rings is 7. The summed E-state index contributed by atoms with van der Waals surface area (Å²) in [5, 5.41) is 28.7. The number of hydrogen-bond acceptors (Lipinski definition) is 11. The van der Waals surface area contributed by atoms with Gasteiger partial charge in [-0.05, 0) is 135 Å². The normalized spacial score (nSPS) is 12.6. The highest BCUT2D eigenvalue weighted by atomic mass is 32.2. The Kier molecular flexibility index (Phi) is 15.6. The Hall–Kier alpha value is -6.16. The molecule has 0 saturated heterocycles. The van der Waals surface area contributed by atoms with Gasteiger partial charge in [0, 0.05) is 25.5 Å². The lowest BCUT2D eigenvalue weighted by molar-refractivity contribution is 0.339. The summed E-state index contributed by atoms with van der Waals surface area (Å²) in [6.07, 6.45) is 0. The summed E-state index contributed by atoms with van der Waals surface area (Å²) >= 11 is 3.53. The van der Waals surface area contributed by atoms with Crippen LogP contribution in [0.2, 0.25) is 0 Å². The standard InChI is InChI=1S/C22H21NOS.C21H19N3O2S2.C8H11BO3/c1-3-24-18-8-6-7-16(13-18)15(2)17-11-12-22-20(14-17)23-19-9-4-5-10-21(19)25-22;1-14-7-10-17(11-8-14)28(25,26)24-23-15(2)16-9-12-21-19(13-16)22-18-5-3-4-6-20(18)27-21;1-2-12-8-5-3-4-7(6-8)9(10)11/h4-15,23H,3H2,1-2H3;3-13,22,24H,1-2H3;3-6,10-11H,2H2,1H3/b;23-15+;. The molecule has 0 bridgehead atoms. The molecule has 65 heavy (non-hydrogen) atoms. The number of fused-ring (bicyclic) bond motifs is 4. The first-order chi connectivity index (χ1) is 31.4. The lowest BCUT2D eigenvalue weighted by Gasteiger charge is -2.23. The van der Waals surface area contributed by atoms with Crippen molar-refractivity contribution in [2.24, 2.45) is 5.10 Å². The van der Waals surface area contributed by atoms with Crippen molar-refractivity contribution in [2.75, 3.05) is 23.8 Å². The molecule has 0 radical (unpaired) electrons. The molecule has 7 aromatic rings. The average Bonchev–Trinajstić information content (AvgIpc) is 3.32. The van der Waals surface area contributed by atoms with Gasteiger partial charge in [-0.1, -0.05) is 109 Å². The van der Waals surface area contributed by atoms with E-state index >= 15 is 0 Å². The van der Waals surface area contributed by atoms with Crippen LogP contribution in [0, 0.1) is 6.92 Å². The predicted octanol–water partition coefficient (Wildman–Crippen LogP) is 11.1. The second-order valence-corrected chi connectivity index (χ2v) is 19.0. The van der Waals surface area contributed by atoms with Crippen LogP contribution in [-0.4, -0.2) is 44.5 Å². The highest BCUT2D eigenvalue weighted by Gasteiger charge is 2.19. The molecule has 0 spiro atoms. The molecule has 0 aliphatic carbocycles. The number of hydrazone groups is 1. The predicted molar refractivity (Wildman–Crippen MR) is 267 cm³/mol. The molecule has 9 rings (SSSR count). The maximum absolute atomic E-state index is 12.4. The molecule has 2 heterocycles. The maximum Gasteiger partial charge on any atom is 0.488 e. The van der Waals surface area contributed by atoms with Gasteiger partial charge >= 0.3 is 7.12 Å². The molecule has 0 aromatic heterocycles. The van der Waals surface area contributed by atoms with E-state index in [9.17, 15) is 8.42 Å². The number of nitrogens with zero attached hydrogens (tertiary/aromatic N) is 1. The molecular formula is C51H51BN4O6S3. The van der Waals surface area contributed by atoms with Gasteiger partial charge in [0.05, 0.1) is 46.6 Å². The fourth-order valence-electron chi connectivity index (χ4n) is 6.92. The summed E-state index contributed by atoms with van der Waals surface area (Å²) in [5.74, 6) is 1.91. The molecule has 10 nitrogen and oxygen atoms in total. The molecule has 14 heteroatoms. The number of para-hydroxylation sites is 2. The van der Waals surface area contributed by atoms with E-state index in [0.29, 0.717) is 36.1 Å². The zero-order chi connectivity index (χ0) is 45.9. The Labute approximate surface area is 390 Å². The minimum Gasteiger partial charge on any atom is -0.494 e. The molecule has 0 saturated carbocycles. The van der Waals surface area contributed by atoms with E-state index in [1.165, 1.54) is 37.2 Å². The van der Waals surface area contributed by atoms with Crippen molar-refractivity contribution in [3.8, 4) is 11.5 Å². The molecule has 7 aromatic carbocycles. The van der Waals surface area contributed by atoms with Crippen molar-refractivity contribution in [2.45, 2.75) is 65.0 Å². The van der Waals surface area contributed by atoms with Crippen molar-refractivity contribution in [1.82, 2.24) is 4.83 Å². The van der Waals surface area contributed by atoms with Gasteiger partial charge in [-0.15, -0.1) is 0 Å². The number of nitrogens with one attached hydrogen (secondary N) is 3. The first-order valence-corrected chi connectivity index (χ1v) is 24.3. The van der Waals surface area contributed by atoms with Crippen LogP contribution in [0.5, 0.6) is 11.5 Å². The lowest BCUT2D eigenvalue weighted by Crippen LogP contribution is -2.29. The minimum absolute atomic E-state index is 0.190. The van der Waals surface area contributed by atoms with E-state index in [1.54, 1.807) is 67.2 Å². The number of rotatable bonds is 11. The summed E-state index contributed by atoms with van der Waals surface area (Å²) in [4.78, 5) is 7.37. The summed E-state index contributed by atoms with van der Waals surface area (Å²) in [6.45, 7) is 11.1. The summed E-state index contributed by atoms with van der Waals surface area (Å²) < 4.78 is 35.7. The Bertz CT molecular complexity index is 2900. The van der Waals surface area contributed by atoms with Gasteiger partial charge in [-0.25, -0.2) is 0 Å². The fraction of sp³-hybridized carbons (Fsp3) is 0.157. The van der Waals surface area contributed by atoms with E-state index < -0.39 is 17.1 Å². The first kappa shape index (κ1) is 46.8. The van der Waals surface area contributed by atoms with E-state index in [-0.39, 0.29) is 4.90 Å². The minimum atomic E-state index is -3.69. The molecule has 2 aliphatic rings. The van der Waals surface area contributed by atoms with Crippen LogP contribution >= 0.6 is 23.5 Å². The Morgan fingerprint density at radius 3 is 1.80 bits per heavy atom. The van der Waals surface area contributed by atoms with Crippen LogP contribution in [-0.2, 0) is 10.0 Å². The van der Waals surface area contributed by atoms with Crippen molar-refractivity contribution in [3.05, 3.63) is 180 Å². The van der Waals surface area contributed by atoms with Crippen molar-refractivity contribution >= 4 is 74.6 Å². The largest absolute Gasteiger partial charge is 0.494 e. The topological polar surface area (TPSA) is 142 Å². The Morgan fingerprint density at radius 2 is 1.18 bits per heavy atom. The monoisotopic (exact) mass is 922 g/mol. The second-order valence-electron chi connectivity index (χ2n) is 15.1. The van der Waals surface area contributed by atoms with Crippen LogP contribution in [0.4, 0.5) is 22.7 Å². The van der Waals surface area contributed by atoms with E-state index in [2.05, 4.69) is 94.2 Å². The molecule has 2 aliphatic heterocycles. The number of hydrogen-bond donors (Lipinski definition) is 5. The third-order valence-corrected chi connectivity index (χ3v) is 14.0. The molecule has 1 atom stereocenters. The van der Waals surface area contributed by atoms with Gasteiger partial charge < -0.3 is 30.2 Å². The highest BCUT2D eigenvalue weighted by molar-refractivity contribution is 8.00. The summed E-state index contributed by atoms with van der Waals surface area (Å²) in [5.41, 5.74) is 9.87. The Morgan fingerprint density at radius 1 is 0.646 bits per heavy atom. The number of anilines is 4. The van der Waals surface area contributed by atoms with Gasteiger partial charge in [-0.2, -0.15) is 18.4 Å². The van der Waals surface area contributed by atoms with Crippen LogP contribution < -0.4 is 30.4 Å². The van der Waals surface area contributed by atoms with E-state index in [4.69, 9.17) is 19.5 Å². The van der Waals surface area contributed by atoms with Crippen LogP contribution in [0.25, 0.3) is 0 Å². The molecule has 0 fully saturated rings. The summed E-state index contributed by atoms with van der Waals surface area (Å²) in [7, 11) is -5.12. The van der Waals surface area contributed by atoms with E-state index in [1.807, 2.05) is 75.0 Å². The van der Waals surface area contributed by atoms with Crippen molar-refractivity contribution in [1.29, 1.82) is 0 Å². The second kappa shape index (κ2) is 21.7. The quantitative estimate of drug-likeness (QED) is 0.0484.